The van der Waals surface area contributed by atoms with Gasteiger partial charge in [0.2, 0.25) is 0 Å². The van der Waals surface area contributed by atoms with E-state index in [2.05, 4.69) is 14.3 Å². The highest BCUT2D eigenvalue weighted by Gasteiger charge is 2.06. The van der Waals surface area contributed by atoms with E-state index in [0.29, 0.717) is 0 Å². The average Bonchev–Trinajstić information content (AvgIpc) is 2.64. The van der Waals surface area contributed by atoms with Crippen LogP contribution in [-0.4, -0.2) is 14.3 Å². The van der Waals surface area contributed by atoms with Crippen LogP contribution in [-0.2, 0) is 0 Å². The highest BCUT2D eigenvalue weighted by molar-refractivity contribution is 8.00. The topological polar surface area (TPSA) is 64.7 Å². The van der Waals surface area contributed by atoms with Gasteiger partial charge in [-0.1, -0.05) is 0 Å². The Morgan fingerprint density at radius 1 is 1.50 bits per heavy atom. The maximum absolute atomic E-state index is 5.82. The second-order valence-corrected chi connectivity index (χ2v) is 5.45. The lowest BCUT2D eigenvalue weighted by molar-refractivity contribution is 0.808. The van der Waals surface area contributed by atoms with Gasteiger partial charge in [0.1, 0.15) is 10.9 Å². The molecule has 0 aliphatic heterocycles. The molecule has 0 amide bonds. The van der Waals surface area contributed by atoms with Crippen molar-refractivity contribution in [3.05, 3.63) is 29.7 Å². The van der Waals surface area contributed by atoms with Crippen molar-refractivity contribution >= 4 is 23.3 Å². The quantitative estimate of drug-likeness (QED) is 0.908. The normalized spacial score (nSPS) is 12.7. The summed E-state index contributed by atoms with van der Waals surface area (Å²) < 4.78 is 5.04. The summed E-state index contributed by atoms with van der Waals surface area (Å²) in [5, 5.41) is 0.908. The van der Waals surface area contributed by atoms with Gasteiger partial charge in [-0.15, -0.1) is 0 Å². The zero-order chi connectivity index (χ0) is 11.5. The van der Waals surface area contributed by atoms with Crippen LogP contribution in [0.15, 0.2) is 27.7 Å². The third-order valence-electron chi connectivity index (χ3n) is 1.99. The molecule has 0 spiro atoms. The Bertz CT molecular complexity index is 481. The molecule has 2 rings (SSSR count). The van der Waals surface area contributed by atoms with Crippen LogP contribution in [0.3, 0.4) is 0 Å². The molecule has 0 bridgehead atoms. The van der Waals surface area contributed by atoms with E-state index in [9.17, 15) is 0 Å². The van der Waals surface area contributed by atoms with Gasteiger partial charge in [-0.05, 0) is 54.8 Å². The van der Waals surface area contributed by atoms with E-state index in [0.717, 1.165) is 20.8 Å². The van der Waals surface area contributed by atoms with E-state index in [-0.39, 0.29) is 6.04 Å². The molecule has 16 heavy (non-hydrogen) atoms. The first-order valence-electron chi connectivity index (χ1n) is 4.85. The third kappa shape index (κ3) is 2.78. The van der Waals surface area contributed by atoms with Crippen LogP contribution in [0.25, 0.3) is 0 Å². The molecule has 2 N–H and O–H groups in total. The zero-order valence-electron chi connectivity index (χ0n) is 9.04. The summed E-state index contributed by atoms with van der Waals surface area (Å²) in [5.74, 6) is 0.802. The smallest absolute Gasteiger partial charge is 0.176 e. The van der Waals surface area contributed by atoms with Crippen LogP contribution in [0, 0.1) is 6.92 Å². The van der Waals surface area contributed by atoms with Gasteiger partial charge in [0.05, 0.1) is 0 Å². The van der Waals surface area contributed by atoms with Gasteiger partial charge < -0.3 is 5.73 Å². The highest BCUT2D eigenvalue weighted by Crippen LogP contribution is 2.28. The Kier molecular flexibility index (Phi) is 3.52. The predicted octanol–water partition coefficient (Wildman–Crippen LogP) is 2.41. The molecule has 2 heterocycles. The van der Waals surface area contributed by atoms with E-state index in [1.54, 1.807) is 6.20 Å². The van der Waals surface area contributed by atoms with E-state index in [1.165, 1.54) is 23.3 Å². The van der Waals surface area contributed by atoms with Gasteiger partial charge in [-0.2, -0.15) is 4.37 Å². The number of aromatic nitrogens is 3. The number of pyridine rings is 1. The predicted molar refractivity (Wildman–Crippen MR) is 65.6 cm³/mol. The van der Waals surface area contributed by atoms with Crippen LogP contribution < -0.4 is 5.73 Å². The minimum Gasteiger partial charge on any atom is -0.324 e. The summed E-state index contributed by atoms with van der Waals surface area (Å²) in [5.41, 5.74) is 6.90. The van der Waals surface area contributed by atoms with E-state index >= 15 is 0 Å². The second kappa shape index (κ2) is 4.90. The molecule has 0 aliphatic rings. The molecule has 0 aliphatic carbocycles. The highest BCUT2D eigenvalue weighted by atomic mass is 32.2. The molecule has 0 aromatic carbocycles. The summed E-state index contributed by atoms with van der Waals surface area (Å²) in [7, 11) is 0. The average molecular weight is 252 g/mol. The van der Waals surface area contributed by atoms with Crippen molar-refractivity contribution < 1.29 is 0 Å². The summed E-state index contributed by atoms with van der Waals surface area (Å²) in [6, 6.07) is 3.95. The van der Waals surface area contributed by atoms with Crippen molar-refractivity contribution in [1.82, 2.24) is 14.3 Å². The van der Waals surface area contributed by atoms with E-state index in [1.807, 2.05) is 26.0 Å². The van der Waals surface area contributed by atoms with Gasteiger partial charge in [-0.25, -0.2) is 9.97 Å². The van der Waals surface area contributed by atoms with E-state index in [4.69, 9.17) is 5.73 Å². The molecular weight excluding hydrogens is 240 g/mol. The molecule has 84 valence electrons. The largest absolute Gasteiger partial charge is 0.324 e. The molecule has 0 unspecified atom stereocenters. The first-order chi connectivity index (χ1) is 7.65. The fourth-order valence-electron chi connectivity index (χ4n) is 1.17. The van der Waals surface area contributed by atoms with Gasteiger partial charge in [0.15, 0.2) is 4.34 Å². The SMILES string of the molecule is Cc1nsc(Sc2cc([C@@H](C)N)ccn2)n1. The van der Waals surface area contributed by atoms with Crippen LogP contribution in [0.1, 0.15) is 24.4 Å². The minimum absolute atomic E-state index is 0.0264. The van der Waals surface area contributed by atoms with Crippen LogP contribution in [0.2, 0.25) is 0 Å². The maximum Gasteiger partial charge on any atom is 0.176 e. The first-order valence-corrected chi connectivity index (χ1v) is 6.44. The molecule has 4 nitrogen and oxygen atoms in total. The molecule has 1 atom stereocenters. The Morgan fingerprint density at radius 3 is 2.94 bits per heavy atom. The Morgan fingerprint density at radius 2 is 2.31 bits per heavy atom. The lowest BCUT2D eigenvalue weighted by Crippen LogP contribution is -2.04. The number of hydrogen-bond acceptors (Lipinski definition) is 6. The monoisotopic (exact) mass is 252 g/mol. The second-order valence-electron chi connectivity index (χ2n) is 3.43. The molecule has 2 aromatic heterocycles. The summed E-state index contributed by atoms with van der Waals surface area (Å²) in [6.07, 6.45) is 1.77. The number of rotatable bonds is 3. The standard InChI is InChI=1S/C10H12N4S2/c1-6(11)8-3-4-12-9(5-8)15-10-13-7(2)14-16-10/h3-6H,11H2,1-2H3/t6-/m1/s1. The Hall–Kier alpha value is -0.980. The molecule has 0 fully saturated rings. The van der Waals surface area contributed by atoms with Crippen molar-refractivity contribution in [2.24, 2.45) is 5.73 Å². The van der Waals surface area contributed by atoms with Crippen molar-refractivity contribution in [2.75, 3.05) is 0 Å². The Labute approximate surface area is 102 Å². The van der Waals surface area contributed by atoms with Gasteiger partial charge in [0.25, 0.3) is 0 Å². The molecule has 0 saturated heterocycles. The summed E-state index contributed by atoms with van der Waals surface area (Å²) >= 11 is 2.91. The molecule has 0 radical (unpaired) electrons. The van der Waals surface area contributed by atoms with Crippen molar-refractivity contribution in [3.63, 3.8) is 0 Å². The molecule has 2 aromatic rings. The van der Waals surface area contributed by atoms with Crippen molar-refractivity contribution in [1.29, 1.82) is 0 Å². The van der Waals surface area contributed by atoms with Crippen LogP contribution >= 0.6 is 23.3 Å². The maximum atomic E-state index is 5.82. The van der Waals surface area contributed by atoms with Crippen LogP contribution in [0.5, 0.6) is 0 Å². The Balaban J connectivity index is 2.18. The number of aryl methyl sites for hydroxylation is 1. The number of nitrogens with two attached hydrogens (primary N) is 1. The fourth-order valence-corrected chi connectivity index (χ4v) is 2.78. The third-order valence-corrected chi connectivity index (χ3v) is 3.76. The first kappa shape index (κ1) is 11.5. The fraction of sp³-hybridized carbons (Fsp3) is 0.300. The van der Waals surface area contributed by atoms with Gasteiger partial charge in [-0.3, -0.25) is 0 Å². The summed E-state index contributed by atoms with van der Waals surface area (Å²) in [6.45, 7) is 3.84. The molecular formula is C10H12N4S2. The van der Waals surface area contributed by atoms with Gasteiger partial charge in [0, 0.05) is 12.2 Å². The lowest BCUT2D eigenvalue weighted by Gasteiger charge is -2.05. The lowest BCUT2D eigenvalue weighted by atomic mass is 10.1. The molecule has 6 heteroatoms. The van der Waals surface area contributed by atoms with Crippen molar-refractivity contribution in [3.8, 4) is 0 Å². The zero-order valence-corrected chi connectivity index (χ0v) is 10.7. The molecule has 0 saturated carbocycles. The number of hydrogen-bond donors (Lipinski definition) is 1. The van der Waals surface area contributed by atoms with Crippen molar-refractivity contribution in [2.45, 2.75) is 29.3 Å². The summed E-state index contributed by atoms with van der Waals surface area (Å²) in [4.78, 5) is 8.55. The minimum atomic E-state index is 0.0264. The van der Waals surface area contributed by atoms with Gasteiger partial charge >= 0.3 is 0 Å². The number of nitrogens with zero attached hydrogens (tertiary/aromatic N) is 3. The van der Waals surface area contributed by atoms with E-state index < -0.39 is 0 Å². The van der Waals surface area contributed by atoms with Crippen LogP contribution in [0.4, 0.5) is 0 Å².